The Kier molecular flexibility index (Phi) is 6.80. The fourth-order valence-electron chi connectivity index (χ4n) is 3.31. The maximum absolute atomic E-state index is 13.4. The van der Waals surface area contributed by atoms with Gasteiger partial charge in [-0.2, -0.15) is 0 Å². The molecule has 2 aromatic rings. The molecule has 0 amide bonds. The third-order valence-corrected chi connectivity index (χ3v) is 4.63. The van der Waals surface area contributed by atoms with Gasteiger partial charge in [-0.25, -0.2) is 8.78 Å². The van der Waals surface area contributed by atoms with Crippen molar-refractivity contribution in [1.29, 1.82) is 0 Å². The van der Waals surface area contributed by atoms with Gasteiger partial charge in [0.15, 0.2) is 11.6 Å². The van der Waals surface area contributed by atoms with Crippen molar-refractivity contribution in [2.75, 3.05) is 25.0 Å². The summed E-state index contributed by atoms with van der Waals surface area (Å²) in [6.45, 7) is 2.81. The van der Waals surface area contributed by atoms with Gasteiger partial charge < -0.3 is 10.4 Å². The zero-order valence-electron chi connectivity index (χ0n) is 15.2. The summed E-state index contributed by atoms with van der Waals surface area (Å²) in [5, 5.41) is 12.1. The number of aliphatic hydroxyl groups is 1. The highest BCUT2D eigenvalue weighted by Crippen LogP contribution is 2.20. The molecule has 1 atom stereocenters. The molecule has 1 aliphatic heterocycles. The second-order valence-electron chi connectivity index (χ2n) is 6.82. The highest BCUT2D eigenvalue weighted by molar-refractivity contribution is 5.44. The first kappa shape index (κ1) is 19.3. The summed E-state index contributed by atoms with van der Waals surface area (Å²) in [7, 11) is 0. The lowest BCUT2D eigenvalue weighted by Crippen LogP contribution is -2.41. The van der Waals surface area contributed by atoms with Gasteiger partial charge in [0.25, 0.3) is 0 Å². The number of rotatable bonds is 5. The van der Waals surface area contributed by atoms with E-state index in [9.17, 15) is 8.78 Å². The van der Waals surface area contributed by atoms with Crippen molar-refractivity contribution in [2.24, 2.45) is 0 Å². The second kappa shape index (κ2) is 9.50. The third kappa shape index (κ3) is 5.78. The minimum absolute atomic E-state index is 0.0831. The summed E-state index contributed by atoms with van der Waals surface area (Å²) in [6, 6.07) is 12.3. The summed E-state index contributed by atoms with van der Waals surface area (Å²) in [5.74, 6) is 4.30. The van der Waals surface area contributed by atoms with Crippen LogP contribution in [-0.2, 0) is 6.54 Å². The number of hydrogen-bond acceptors (Lipinski definition) is 3. The smallest absolute Gasteiger partial charge is 0.160 e. The molecule has 0 bridgehead atoms. The third-order valence-electron chi connectivity index (χ3n) is 4.63. The highest BCUT2D eigenvalue weighted by atomic mass is 19.2. The van der Waals surface area contributed by atoms with Gasteiger partial charge in [-0.1, -0.05) is 24.0 Å². The molecule has 2 N–H and O–H groups in total. The first-order valence-electron chi connectivity index (χ1n) is 9.26. The number of benzene rings is 2. The number of aliphatic hydroxyl groups excluding tert-OH is 1. The first-order chi connectivity index (χ1) is 13.1. The van der Waals surface area contributed by atoms with Gasteiger partial charge in [0, 0.05) is 42.9 Å². The van der Waals surface area contributed by atoms with Crippen LogP contribution in [0, 0.1) is 23.5 Å². The number of anilines is 1. The van der Waals surface area contributed by atoms with E-state index in [1.807, 2.05) is 12.1 Å². The molecule has 3 rings (SSSR count). The van der Waals surface area contributed by atoms with Crippen molar-refractivity contribution in [1.82, 2.24) is 4.90 Å². The van der Waals surface area contributed by atoms with E-state index in [2.05, 4.69) is 34.2 Å². The summed E-state index contributed by atoms with van der Waals surface area (Å²) < 4.78 is 26.4. The maximum atomic E-state index is 13.4. The molecule has 0 unspecified atom stereocenters. The van der Waals surface area contributed by atoms with Crippen LogP contribution in [0.3, 0.4) is 0 Å². The average molecular weight is 370 g/mol. The summed E-state index contributed by atoms with van der Waals surface area (Å²) in [5.41, 5.74) is 2.78. The molecule has 1 aliphatic rings. The Morgan fingerprint density at radius 1 is 1.11 bits per heavy atom. The van der Waals surface area contributed by atoms with Crippen molar-refractivity contribution in [2.45, 2.75) is 31.8 Å². The molecule has 0 radical (unpaired) electrons. The molecule has 2 aromatic carbocycles. The van der Waals surface area contributed by atoms with Gasteiger partial charge in [-0.3, -0.25) is 4.90 Å². The molecular formula is C22H24F2N2O. The van der Waals surface area contributed by atoms with E-state index in [0.717, 1.165) is 44.1 Å². The van der Waals surface area contributed by atoms with Gasteiger partial charge in [0.1, 0.15) is 0 Å². The lowest BCUT2D eigenvalue weighted by molar-refractivity contribution is 0.208. The molecule has 1 fully saturated rings. The average Bonchev–Trinajstić information content (AvgIpc) is 2.67. The van der Waals surface area contributed by atoms with E-state index in [0.29, 0.717) is 12.1 Å². The van der Waals surface area contributed by atoms with Crippen LogP contribution in [0.4, 0.5) is 14.5 Å². The largest absolute Gasteiger partial charge is 0.395 e. The Bertz CT molecular complexity index is 811. The Morgan fingerprint density at radius 2 is 1.93 bits per heavy atom. The van der Waals surface area contributed by atoms with E-state index in [1.54, 1.807) is 6.07 Å². The van der Waals surface area contributed by atoms with Gasteiger partial charge >= 0.3 is 0 Å². The monoisotopic (exact) mass is 370 g/mol. The van der Waals surface area contributed by atoms with E-state index in [4.69, 9.17) is 5.11 Å². The van der Waals surface area contributed by atoms with Gasteiger partial charge in [0.05, 0.1) is 6.61 Å². The Hall–Kier alpha value is -2.42. The van der Waals surface area contributed by atoms with Crippen LogP contribution in [0.1, 0.15) is 30.4 Å². The normalized spacial score (nSPS) is 17.2. The molecule has 0 spiro atoms. The van der Waals surface area contributed by atoms with Crippen molar-refractivity contribution in [3.05, 3.63) is 65.2 Å². The summed E-state index contributed by atoms with van der Waals surface area (Å²) >= 11 is 0. The standard InChI is InChI=1S/C22H24F2N2O/c23-21-11-10-19(14-22(21)24)25-20-5-3-12-26(16-20)15-18-8-6-17(7-9-18)4-1-2-13-27/h6-11,14,20,25,27H,2-3,5,12-13,15-16H2/t20-/m0/s1. The predicted octanol–water partition coefficient (Wildman–Crippen LogP) is 3.78. The summed E-state index contributed by atoms with van der Waals surface area (Å²) in [6.07, 6.45) is 2.56. The van der Waals surface area contributed by atoms with Crippen LogP contribution in [0.2, 0.25) is 0 Å². The Labute approximate surface area is 159 Å². The number of piperidine rings is 1. The highest BCUT2D eigenvalue weighted by Gasteiger charge is 2.20. The fraction of sp³-hybridized carbons (Fsp3) is 0.364. The molecular weight excluding hydrogens is 346 g/mol. The minimum Gasteiger partial charge on any atom is -0.395 e. The number of halogens is 2. The lowest BCUT2D eigenvalue weighted by Gasteiger charge is -2.33. The Morgan fingerprint density at radius 3 is 2.67 bits per heavy atom. The van der Waals surface area contributed by atoms with E-state index in [-0.39, 0.29) is 12.6 Å². The number of nitrogens with zero attached hydrogens (tertiary/aromatic N) is 1. The van der Waals surface area contributed by atoms with E-state index >= 15 is 0 Å². The molecule has 0 aliphatic carbocycles. The van der Waals surface area contributed by atoms with Crippen LogP contribution in [0.25, 0.3) is 0 Å². The van der Waals surface area contributed by atoms with Gasteiger partial charge in [-0.05, 0) is 49.2 Å². The topological polar surface area (TPSA) is 35.5 Å². The number of nitrogens with one attached hydrogen (secondary N) is 1. The molecule has 142 valence electrons. The van der Waals surface area contributed by atoms with Crippen molar-refractivity contribution >= 4 is 5.69 Å². The van der Waals surface area contributed by atoms with Crippen molar-refractivity contribution in [3.8, 4) is 11.8 Å². The van der Waals surface area contributed by atoms with Crippen LogP contribution in [-0.4, -0.2) is 35.7 Å². The Balaban J connectivity index is 1.55. The molecule has 5 heteroatoms. The molecule has 1 heterocycles. The maximum Gasteiger partial charge on any atom is 0.160 e. The van der Waals surface area contributed by atoms with Crippen LogP contribution in [0.5, 0.6) is 0 Å². The zero-order valence-corrected chi connectivity index (χ0v) is 15.2. The van der Waals surface area contributed by atoms with Crippen LogP contribution < -0.4 is 5.32 Å². The minimum atomic E-state index is -0.824. The van der Waals surface area contributed by atoms with Crippen molar-refractivity contribution < 1.29 is 13.9 Å². The zero-order chi connectivity index (χ0) is 19.1. The predicted molar refractivity (Wildman–Crippen MR) is 103 cm³/mol. The van der Waals surface area contributed by atoms with Crippen LogP contribution in [0.15, 0.2) is 42.5 Å². The van der Waals surface area contributed by atoms with Gasteiger partial charge in [0.2, 0.25) is 0 Å². The van der Waals surface area contributed by atoms with E-state index in [1.165, 1.54) is 11.6 Å². The van der Waals surface area contributed by atoms with E-state index < -0.39 is 11.6 Å². The SMILES string of the molecule is OCCC#Cc1ccc(CN2CCC[C@H](Nc3ccc(F)c(F)c3)C2)cc1. The molecule has 0 saturated carbocycles. The fourth-order valence-corrected chi connectivity index (χ4v) is 3.31. The molecule has 3 nitrogen and oxygen atoms in total. The quantitative estimate of drug-likeness (QED) is 0.787. The molecule has 1 saturated heterocycles. The van der Waals surface area contributed by atoms with Crippen molar-refractivity contribution in [3.63, 3.8) is 0 Å². The molecule has 0 aromatic heterocycles. The lowest BCUT2D eigenvalue weighted by atomic mass is 10.0. The second-order valence-corrected chi connectivity index (χ2v) is 6.82. The first-order valence-corrected chi connectivity index (χ1v) is 9.26. The van der Waals surface area contributed by atoms with Crippen LogP contribution >= 0.6 is 0 Å². The summed E-state index contributed by atoms with van der Waals surface area (Å²) in [4.78, 5) is 2.37. The number of likely N-dealkylation sites (tertiary alicyclic amines) is 1. The molecule has 27 heavy (non-hydrogen) atoms. The van der Waals surface area contributed by atoms with Gasteiger partial charge in [-0.15, -0.1) is 0 Å². The number of hydrogen-bond donors (Lipinski definition) is 2.